The minimum Gasteiger partial charge on any atom is -0.394 e. The molecule has 1 atom stereocenters. The second kappa shape index (κ2) is 7.04. The molecule has 0 aliphatic heterocycles. The van der Waals surface area contributed by atoms with Crippen molar-refractivity contribution in [3.63, 3.8) is 0 Å². The Bertz CT molecular complexity index is 705. The van der Waals surface area contributed by atoms with Crippen molar-refractivity contribution in [1.29, 1.82) is 0 Å². The van der Waals surface area contributed by atoms with Crippen LogP contribution in [0.3, 0.4) is 0 Å². The Morgan fingerprint density at radius 1 is 1.23 bits per heavy atom. The quantitative estimate of drug-likeness (QED) is 0.786. The van der Waals surface area contributed by atoms with Gasteiger partial charge >= 0.3 is 0 Å². The first-order valence-corrected chi connectivity index (χ1v) is 7.25. The maximum Gasteiger partial charge on any atom is 0.260 e. The summed E-state index contributed by atoms with van der Waals surface area (Å²) in [5, 5.41) is 12.2. The van der Waals surface area contributed by atoms with Gasteiger partial charge in [-0.1, -0.05) is 31.2 Å². The number of benzene rings is 1. The maximum atomic E-state index is 12.2. The van der Waals surface area contributed by atoms with E-state index in [0.29, 0.717) is 5.69 Å². The molecule has 1 amide bonds. The van der Waals surface area contributed by atoms with E-state index in [2.05, 4.69) is 17.2 Å². The molecule has 1 aromatic carbocycles. The van der Waals surface area contributed by atoms with Gasteiger partial charge < -0.3 is 15.4 Å². The third-order valence-electron chi connectivity index (χ3n) is 3.58. The van der Waals surface area contributed by atoms with E-state index in [9.17, 15) is 14.7 Å². The molecule has 1 unspecified atom stereocenters. The van der Waals surface area contributed by atoms with Gasteiger partial charge in [0.05, 0.1) is 12.6 Å². The first-order chi connectivity index (χ1) is 10.5. The van der Waals surface area contributed by atoms with Crippen LogP contribution in [0.2, 0.25) is 0 Å². The molecule has 0 saturated heterocycles. The second-order valence-electron chi connectivity index (χ2n) is 5.19. The molecule has 5 nitrogen and oxygen atoms in total. The minimum atomic E-state index is -0.542. The summed E-state index contributed by atoms with van der Waals surface area (Å²) < 4.78 is 0. The van der Waals surface area contributed by atoms with E-state index in [1.807, 2.05) is 24.3 Å². The SMILES string of the molecule is CCc1ccc(C(CO)NC(=O)c2ccc(C)[nH]c2=O)cc1. The fraction of sp³-hybridized carbons (Fsp3) is 0.294. The Labute approximate surface area is 129 Å². The van der Waals surface area contributed by atoms with Crippen molar-refractivity contribution in [2.45, 2.75) is 26.3 Å². The number of carbonyl (C=O) groups is 1. The highest BCUT2D eigenvalue weighted by Crippen LogP contribution is 2.14. The van der Waals surface area contributed by atoms with E-state index in [1.165, 1.54) is 11.6 Å². The fourth-order valence-electron chi connectivity index (χ4n) is 2.21. The number of amides is 1. The highest BCUT2D eigenvalue weighted by Gasteiger charge is 2.17. The molecule has 3 N–H and O–H groups in total. The molecule has 0 radical (unpaired) electrons. The molecule has 0 aliphatic rings. The smallest absolute Gasteiger partial charge is 0.260 e. The second-order valence-corrected chi connectivity index (χ2v) is 5.19. The van der Waals surface area contributed by atoms with E-state index in [4.69, 9.17) is 0 Å². The van der Waals surface area contributed by atoms with Crippen LogP contribution in [0, 0.1) is 6.92 Å². The van der Waals surface area contributed by atoms with Crippen LogP contribution in [-0.4, -0.2) is 22.6 Å². The number of aromatic nitrogens is 1. The van der Waals surface area contributed by atoms with Gasteiger partial charge in [-0.25, -0.2) is 0 Å². The van der Waals surface area contributed by atoms with Crippen molar-refractivity contribution in [3.8, 4) is 0 Å². The van der Waals surface area contributed by atoms with Gasteiger partial charge in [0.2, 0.25) is 0 Å². The van der Waals surface area contributed by atoms with Crippen molar-refractivity contribution in [3.05, 3.63) is 69.1 Å². The monoisotopic (exact) mass is 300 g/mol. The Morgan fingerprint density at radius 3 is 2.45 bits per heavy atom. The number of rotatable bonds is 5. The van der Waals surface area contributed by atoms with Gasteiger partial charge in [-0.2, -0.15) is 0 Å². The number of aryl methyl sites for hydroxylation is 2. The summed E-state index contributed by atoms with van der Waals surface area (Å²) in [5.41, 5.74) is 2.28. The fourth-order valence-corrected chi connectivity index (χ4v) is 2.21. The number of aliphatic hydroxyl groups excluding tert-OH is 1. The van der Waals surface area contributed by atoms with Gasteiger partial charge in [-0.3, -0.25) is 9.59 Å². The van der Waals surface area contributed by atoms with Crippen LogP contribution in [0.1, 0.15) is 40.1 Å². The molecule has 5 heteroatoms. The van der Waals surface area contributed by atoms with Gasteiger partial charge in [0.25, 0.3) is 11.5 Å². The standard InChI is InChI=1S/C17H20N2O3/c1-3-12-5-7-13(8-6-12)15(10-20)19-17(22)14-9-4-11(2)18-16(14)21/h4-9,15,20H,3,10H2,1-2H3,(H,18,21)(H,19,22). The molecule has 1 heterocycles. The van der Waals surface area contributed by atoms with Crippen LogP contribution in [0.4, 0.5) is 0 Å². The van der Waals surface area contributed by atoms with Crippen LogP contribution in [0.25, 0.3) is 0 Å². The topological polar surface area (TPSA) is 82.2 Å². The lowest BCUT2D eigenvalue weighted by molar-refractivity contribution is 0.0914. The molecule has 0 fully saturated rings. The number of carbonyl (C=O) groups excluding carboxylic acids is 1. The van der Waals surface area contributed by atoms with Crippen LogP contribution >= 0.6 is 0 Å². The van der Waals surface area contributed by atoms with Crippen molar-refractivity contribution in [2.24, 2.45) is 0 Å². The van der Waals surface area contributed by atoms with Crippen LogP contribution in [0.15, 0.2) is 41.2 Å². The lowest BCUT2D eigenvalue weighted by Gasteiger charge is -2.17. The number of aliphatic hydroxyl groups is 1. The van der Waals surface area contributed by atoms with Crippen LogP contribution < -0.4 is 10.9 Å². The predicted molar refractivity (Wildman–Crippen MR) is 84.9 cm³/mol. The molecule has 2 aromatic rings. The molecular formula is C17H20N2O3. The van der Waals surface area contributed by atoms with E-state index in [-0.39, 0.29) is 12.2 Å². The lowest BCUT2D eigenvalue weighted by Crippen LogP contribution is -2.34. The highest BCUT2D eigenvalue weighted by molar-refractivity contribution is 5.94. The largest absolute Gasteiger partial charge is 0.394 e. The molecule has 0 spiro atoms. The van der Waals surface area contributed by atoms with Gasteiger partial charge in [-0.15, -0.1) is 0 Å². The zero-order chi connectivity index (χ0) is 16.1. The molecule has 0 saturated carbocycles. The number of nitrogens with one attached hydrogen (secondary N) is 2. The summed E-state index contributed by atoms with van der Waals surface area (Å²) in [4.78, 5) is 26.6. The van der Waals surface area contributed by atoms with Crippen LogP contribution in [-0.2, 0) is 6.42 Å². The Kier molecular flexibility index (Phi) is 5.12. The highest BCUT2D eigenvalue weighted by atomic mass is 16.3. The molecule has 116 valence electrons. The van der Waals surface area contributed by atoms with Gasteiger partial charge in [0, 0.05) is 5.69 Å². The number of hydrogen-bond acceptors (Lipinski definition) is 3. The first-order valence-electron chi connectivity index (χ1n) is 7.25. The van der Waals surface area contributed by atoms with Crippen molar-refractivity contribution in [2.75, 3.05) is 6.61 Å². The van der Waals surface area contributed by atoms with E-state index in [1.54, 1.807) is 13.0 Å². The Hall–Kier alpha value is -2.40. The minimum absolute atomic E-state index is 0.0363. The van der Waals surface area contributed by atoms with E-state index >= 15 is 0 Å². The summed E-state index contributed by atoms with van der Waals surface area (Å²) in [6, 6.07) is 10.3. The molecular weight excluding hydrogens is 280 g/mol. The Morgan fingerprint density at radius 2 is 1.91 bits per heavy atom. The van der Waals surface area contributed by atoms with Crippen molar-refractivity contribution >= 4 is 5.91 Å². The average molecular weight is 300 g/mol. The van der Waals surface area contributed by atoms with Gasteiger partial charge in [-0.05, 0) is 36.6 Å². The summed E-state index contributed by atoms with van der Waals surface area (Å²) in [6.45, 7) is 3.57. The zero-order valence-corrected chi connectivity index (χ0v) is 12.7. The summed E-state index contributed by atoms with van der Waals surface area (Å²) >= 11 is 0. The molecule has 0 aliphatic carbocycles. The maximum absolute atomic E-state index is 12.2. The van der Waals surface area contributed by atoms with Gasteiger partial charge in [0.1, 0.15) is 5.56 Å². The normalized spacial score (nSPS) is 12.0. The molecule has 22 heavy (non-hydrogen) atoms. The summed E-state index contributed by atoms with van der Waals surface area (Å²) in [5.74, 6) is -0.500. The molecule has 1 aromatic heterocycles. The van der Waals surface area contributed by atoms with Gasteiger partial charge in [0.15, 0.2) is 0 Å². The van der Waals surface area contributed by atoms with Crippen molar-refractivity contribution in [1.82, 2.24) is 10.3 Å². The summed E-state index contributed by atoms with van der Waals surface area (Å²) in [7, 11) is 0. The number of pyridine rings is 1. The van der Waals surface area contributed by atoms with E-state index < -0.39 is 17.5 Å². The average Bonchev–Trinajstić information content (AvgIpc) is 2.52. The predicted octanol–water partition coefficient (Wildman–Crippen LogP) is 1.71. The Balaban J connectivity index is 2.18. The number of hydrogen-bond donors (Lipinski definition) is 3. The number of H-pyrrole nitrogens is 1. The zero-order valence-electron chi connectivity index (χ0n) is 12.7. The third-order valence-corrected chi connectivity index (χ3v) is 3.58. The lowest BCUT2D eigenvalue weighted by atomic mass is 10.0. The van der Waals surface area contributed by atoms with E-state index in [0.717, 1.165) is 12.0 Å². The summed E-state index contributed by atoms with van der Waals surface area (Å²) in [6.07, 6.45) is 0.926. The third kappa shape index (κ3) is 3.62. The molecule has 0 bridgehead atoms. The molecule has 2 rings (SSSR count). The first kappa shape index (κ1) is 16.0. The number of aromatic amines is 1. The van der Waals surface area contributed by atoms with Crippen LogP contribution in [0.5, 0.6) is 0 Å². The van der Waals surface area contributed by atoms with Crippen molar-refractivity contribution < 1.29 is 9.90 Å².